The number of likely N-dealkylation sites (tertiary alicyclic amines) is 1. The fourth-order valence-electron chi connectivity index (χ4n) is 3.24. The molecule has 0 unspecified atom stereocenters. The predicted molar refractivity (Wildman–Crippen MR) is 83.6 cm³/mol. The Hall–Kier alpha value is -2.50. The van der Waals surface area contributed by atoms with Gasteiger partial charge in [0.2, 0.25) is 0 Å². The lowest BCUT2D eigenvalue weighted by Gasteiger charge is -2.37. The van der Waals surface area contributed by atoms with E-state index in [1.807, 2.05) is 35.2 Å². The Bertz CT molecular complexity index is 582. The topological polar surface area (TPSA) is 59.1 Å². The minimum Gasteiger partial charge on any atom is -0.447 e. The van der Waals surface area contributed by atoms with Crippen molar-refractivity contribution in [1.82, 2.24) is 9.80 Å². The zero-order valence-corrected chi connectivity index (χ0v) is 12.9. The van der Waals surface area contributed by atoms with E-state index in [1.165, 1.54) is 0 Å². The molecule has 122 valence electrons. The summed E-state index contributed by atoms with van der Waals surface area (Å²) in [4.78, 5) is 27.3. The maximum Gasteiger partial charge on any atom is 0.414 e. The Labute approximate surface area is 135 Å². The van der Waals surface area contributed by atoms with Gasteiger partial charge in [-0.15, -0.1) is 0 Å². The third-order valence-electron chi connectivity index (χ3n) is 4.40. The maximum atomic E-state index is 12.2. The van der Waals surface area contributed by atoms with Crippen LogP contribution < -0.4 is 0 Å². The molecular formula is C17H20N2O4. The van der Waals surface area contributed by atoms with E-state index in [-0.39, 0.29) is 24.3 Å². The van der Waals surface area contributed by atoms with Crippen LogP contribution in [0.1, 0.15) is 24.4 Å². The number of hydrogen-bond donors (Lipinski definition) is 0. The molecule has 2 heterocycles. The predicted octanol–water partition coefficient (Wildman–Crippen LogP) is 2.92. The first kappa shape index (κ1) is 15.4. The minimum absolute atomic E-state index is 0.0552. The van der Waals surface area contributed by atoms with Crippen molar-refractivity contribution in [3.8, 4) is 0 Å². The second-order valence-electron chi connectivity index (χ2n) is 5.68. The molecule has 1 aromatic carbocycles. The second kappa shape index (κ2) is 6.73. The maximum absolute atomic E-state index is 12.2. The molecule has 0 spiro atoms. The quantitative estimate of drug-likeness (QED) is 0.805. The number of carbonyl (C=O) groups is 2. The number of carbonyl (C=O) groups excluding carboxylic acids is 2. The van der Waals surface area contributed by atoms with Crippen molar-refractivity contribution in [3.63, 3.8) is 0 Å². The molecule has 23 heavy (non-hydrogen) atoms. The number of benzene rings is 1. The molecule has 2 amide bonds. The van der Waals surface area contributed by atoms with Crippen molar-refractivity contribution in [2.45, 2.75) is 24.9 Å². The van der Waals surface area contributed by atoms with Crippen LogP contribution in [0.3, 0.4) is 0 Å². The van der Waals surface area contributed by atoms with Gasteiger partial charge in [-0.3, -0.25) is 4.90 Å². The minimum atomic E-state index is -0.387. The monoisotopic (exact) mass is 316 g/mol. The van der Waals surface area contributed by atoms with Crippen molar-refractivity contribution < 1.29 is 19.1 Å². The highest BCUT2D eigenvalue weighted by atomic mass is 16.6. The molecule has 2 saturated heterocycles. The van der Waals surface area contributed by atoms with E-state index >= 15 is 0 Å². The van der Waals surface area contributed by atoms with Crippen LogP contribution in [0.4, 0.5) is 9.59 Å². The summed E-state index contributed by atoms with van der Waals surface area (Å²) in [6.45, 7) is 4.88. The van der Waals surface area contributed by atoms with Gasteiger partial charge in [-0.1, -0.05) is 36.9 Å². The largest absolute Gasteiger partial charge is 0.447 e. The van der Waals surface area contributed by atoms with Crippen molar-refractivity contribution in [1.29, 1.82) is 0 Å². The van der Waals surface area contributed by atoms with Gasteiger partial charge >= 0.3 is 12.2 Å². The molecular weight excluding hydrogens is 296 g/mol. The summed E-state index contributed by atoms with van der Waals surface area (Å²) < 4.78 is 10.1. The lowest BCUT2D eigenvalue weighted by atomic mass is 9.99. The zero-order chi connectivity index (χ0) is 16.2. The Morgan fingerprint density at radius 3 is 2.61 bits per heavy atom. The fourth-order valence-corrected chi connectivity index (χ4v) is 3.24. The van der Waals surface area contributed by atoms with Gasteiger partial charge in [0, 0.05) is 19.1 Å². The number of ether oxygens (including phenoxy) is 2. The van der Waals surface area contributed by atoms with Gasteiger partial charge in [0.1, 0.15) is 6.61 Å². The molecule has 0 aliphatic carbocycles. The molecule has 0 aromatic heterocycles. The molecule has 2 aliphatic rings. The van der Waals surface area contributed by atoms with E-state index < -0.39 is 0 Å². The first-order chi connectivity index (χ1) is 11.2. The number of amides is 2. The number of rotatable bonds is 3. The van der Waals surface area contributed by atoms with Crippen LogP contribution >= 0.6 is 0 Å². The molecule has 0 bridgehead atoms. The Balaban J connectivity index is 1.67. The lowest BCUT2D eigenvalue weighted by molar-refractivity contribution is 0.0933. The van der Waals surface area contributed by atoms with Crippen LogP contribution in [0.2, 0.25) is 0 Å². The second-order valence-corrected chi connectivity index (χ2v) is 5.68. The zero-order valence-electron chi connectivity index (χ0n) is 12.9. The number of nitrogens with zero attached hydrogens (tertiary/aromatic N) is 2. The van der Waals surface area contributed by atoms with Gasteiger partial charge in [-0.2, -0.15) is 0 Å². The molecule has 6 heteroatoms. The van der Waals surface area contributed by atoms with Gasteiger partial charge < -0.3 is 14.4 Å². The van der Waals surface area contributed by atoms with Gasteiger partial charge in [0.15, 0.2) is 0 Å². The van der Waals surface area contributed by atoms with Crippen LogP contribution in [-0.2, 0) is 9.47 Å². The normalized spacial score (nSPS) is 21.9. The van der Waals surface area contributed by atoms with Crippen LogP contribution in [0.5, 0.6) is 0 Å². The van der Waals surface area contributed by atoms with Crippen LogP contribution in [0.15, 0.2) is 43.2 Å². The Morgan fingerprint density at radius 2 is 1.96 bits per heavy atom. The SMILES string of the molecule is C=COC(=O)N1CCC(N2C(=O)OC[C@H]2c2ccccc2)CC1. The standard InChI is InChI=1S/C17H20N2O4/c1-2-22-16(20)18-10-8-14(9-11-18)19-15(12-23-17(19)21)13-6-4-3-5-7-13/h2-7,14-15H,1,8-12H2/t15-/m0/s1. The highest BCUT2D eigenvalue weighted by Crippen LogP contribution is 2.33. The van der Waals surface area contributed by atoms with Gasteiger partial charge in [0.25, 0.3) is 0 Å². The Morgan fingerprint density at radius 1 is 1.26 bits per heavy atom. The first-order valence-corrected chi connectivity index (χ1v) is 7.77. The molecule has 3 rings (SSSR count). The van der Waals surface area contributed by atoms with E-state index in [9.17, 15) is 9.59 Å². The molecule has 1 aromatic rings. The summed E-state index contributed by atoms with van der Waals surface area (Å²) in [5, 5.41) is 0. The molecule has 6 nitrogen and oxygen atoms in total. The average Bonchev–Trinajstić information content (AvgIpc) is 2.97. The molecule has 0 N–H and O–H groups in total. The average molecular weight is 316 g/mol. The molecule has 2 aliphatic heterocycles. The summed E-state index contributed by atoms with van der Waals surface area (Å²) in [5.74, 6) is 0. The van der Waals surface area contributed by atoms with E-state index in [0.29, 0.717) is 32.5 Å². The van der Waals surface area contributed by atoms with E-state index in [4.69, 9.17) is 9.47 Å². The third-order valence-corrected chi connectivity index (χ3v) is 4.40. The van der Waals surface area contributed by atoms with E-state index in [2.05, 4.69) is 6.58 Å². The van der Waals surface area contributed by atoms with Crippen LogP contribution in [0.25, 0.3) is 0 Å². The summed E-state index contributed by atoms with van der Waals surface area (Å²) in [6, 6.07) is 9.92. The fraction of sp³-hybridized carbons (Fsp3) is 0.412. The molecule has 0 saturated carbocycles. The lowest BCUT2D eigenvalue weighted by Crippen LogP contribution is -2.47. The number of hydrogen-bond acceptors (Lipinski definition) is 4. The van der Waals surface area contributed by atoms with Crippen molar-refractivity contribution in [3.05, 3.63) is 48.7 Å². The number of piperidine rings is 1. The number of cyclic esters (lactones) is 1. The van der Waals surface area contributed by atoms with E-state index in [1.54, 1.807) is 4.90 Å². The Kier molecular flexibility index (Phi) is 4.50. The summed E-state index contributed by atoms with van der Waals surface area (Å²) in [7, 11) is 0. The summed E-state index contributed by atoms with van der Waals surface area (Å²) in [6.07, 6.45) is 1.90. The van der Waals surface area contributed by atoms with Crippen LogP contribution in [-0.4, -0.2) is 47.7 Å². The van der Waals surface area contributed by atoms with Crippen molar-refractivity contribution >= 4 is 12.2 Å². The first-order valence-electron chi connectivity index (χ1n) is 7.77. The van der Waals surface area contributed by atoms with Gasteiger partial charge in [0.05, 0.1) is 12.3 Å². The van der Waals surface area contributed by atoms with Gasteiger partial charge in [-0.25, -0.2) is 9.59 Å². The van der Waals surface area contributed by atoms with Gasteiger partial charge in [-0.05, 0) is 18.4 Å². The van der Waals surface area contributed by atoms with Crippen LogP contribution in [0, 0.1) is 0 Å². The molecule has 2 fully saturated rings. The summed E-state index contributed by atoms with van der Waals surface area (Å²) >= 11 is 0. The van der Waals surface area contributed by atoms with Crippen molar-refractivity contribution in [2.24, 2.45) is 0 Å². The molecule has 0 radical (unpaired) electrons. The summed E-state index contributed by atoms with van der Waals surface area (Å²) in [5.41, 5.74) is 1.08. The molecule has 1 atom stereocenters. The smallest absolute Gasteiger partial charge is 0.414 e. The van der Waals surface area contributed by atoms with E-state index in [0.717, 1.165) is 11.8 Å². The highest BCUT2D eigenvalue weighted by molar-refractivity contribution is 5.71. The highest BCUT2D eigenvalue weighted by Gasteiger charge is 2.40. The van der Waals surface area contributed by atoms with Crippen molar-refractivity contribution in [2.75, 3.05) is 19.7 Å². The third kappa shape index (κ3) is 3.16.